The summed E-state index contributed by atoms with van der Waals surface area (Å²) < 4.78 is 34.8. The molecule has 0 aromatic heterocycles. The number of quaternary nitrogens is 1. The van der Waals surface area contributed by atoms with Gasteiger partial charge in [-0.25, -0.2) is 4.57 Å². The second kappa shape index (κ2) is 77.8. The van der Waals surface area contributed by atoms with E-state index in [0.29, 0.717) is 17.4 Å². The lowest BCUT2D eigenvalue weighted by Gasteiger charge is -2.24. The number of likely N-dealkylation sites (N-methyl/N-ethyl adjacent to an activating group) is 1. The molecule has 0 radical (unpaired) electrons. The van der Waals surface area contributed by atoms with E-state index in [0.717, 1.165) is 103 Å². The summed E-state index contributed by atoms with van der Waals surface area (Å²) >= 11 is 0. The topological polar surface area (TPSA) is 108 Å². The molecule has 568 valence electrons. The zero-order valence-electron chi connectivity index (χ0n) is 65.0. The highest BCUT2D eigenvalue weighted by atomic mass is 31.2. The Hall–Kier alpha value is -3.33. The number of ether oxygens (including phenoxy) is 2. The maximum Gasteiger partial charge on any atom is 0.472 e. The van der Waals surface area contributed by atoms with Crippen LogP contribution in [0, 0.1) is 0 Å². The summed E-state index contributed by atoms with van der Waals surface area (Å²) in [5.41, 5.74) is 0. The predicted octanol–water partition coefficient (Wildman–Crippen LogP) is 28.0. The monoisotopic (exact) mass is 1390 g/mol. The van der Waals surface area contributed by atoms with Gasteiger partial charge < -0.3 is 18.9 Å². The standard InChI is InChI=1S/C88H158NO8P/c1-6-8-10-12-14-16-18-20-22-24-26-28-30-32-34-36-38-40-42-43-44-45-47-49-51-53-55-57-59-61-63-65-67-69-71-73-75-77-79-81-88(91)97-86(85-96-98(92,93)95-83-82-89(3,4)5)84-94-87(90)80-78-76-74-72-70-68-66-64-62-60-58-56-54-52-50-48-46-41-39-37-35-33-31-29-27-25-23-21-19-17-15-13-11-9-7-2/h8,10,14,16,20,22,26,28,32,34,38,40,43-44,47,49,53,55,86H,6-7,9,11-13,15,17-19,21,23-25,27,29-31,33,35-37,39,41-42,45-46,48,50-52,54,56-85H2,1-5H3/p+1/b10-8-,16-14-,22-20-,28-26-,34-32-,40-38-,44-43-,49-47-,55-53-. The number of phosphoric acid groups is 1. The summed E-state index contributed by atoms with van der Waals surface area (Å²) in [7, 11) is 1.48. The Morgan fingerprint density at radius 1 is 0.327 bits per heavy atom. The van der Waals surface area contributed by atoms with Crippen LogP contribution in [0.1, 0.15) is 386 Å². The molecule has 10 heteroatoms. The Balaban J connectivity index is 3.97. The van der Waals surface area contributed by atoms with E-state index in [4.69, 9.17) is 18.5 Å². The van der Waals surface area contributed by atoms with Crippen LogP contribution >= 0.6 is 7.82 Å². The van der Waals surface area contributed by atoms with E-state index in [1.165, 1.54) is 250 Å². The maximum absolute atomic E-state index is 12.9. The van der Waals surface area contributed by atoms with Crippen LogP contribution in [0.25, 0.3) is 0 Å². The van der Waals surface area contributed by atoms with Crippen molar-refractivity contribution in [3.8, 4) is 0 Å². The number of esters is 2. The molecule has 2 atom stereocenters. The molecule has 0 fully saturated rings. The van der Waals surface area contributed by atoms with Crippen LogP contribution in [0.15, 0.2) is 109 Å². The van der Waals surface area contributed by atoms with E-state index in [1.54, 1.807) is 0 Å². The van der Waals surface area contributed by atoms with Crippen molar-refractivity contribution >= 4 is 19.8 Å². The van der Waals surface area contributed by atoms with Crippen LogP contribution in [0.2, 0.25) is 0 Å². The molecule has 0 aliphatic heterocycles. The van der Waals surface area contributed by atoms with Gasteiger partial charge in [-0.1, -0.05) is 399 Å². The second-order valence-corrected chi connectivity index (χ2v) is 30.6. The van der Waals surface area contributed by atoms with Gasteiger partial charge in [0.1, 0.15) is 19.8 Å². The molecule has 0 amide bonds. The molecule has 0 saturated heterocycles. The van der Waals surface area contributed by atoms with Gasteiger partial charge in [0, 0.05) is 12.8 Å². The maximum atomic E-state index is 12.9. The van der Waals surface area contributed by atoms with Crippen molar-refractivity contribution < 1.29 is 42.1 Å². The van der Waals surface area contributed by atoms with Gasteiger partial charge in [0.2, 0.25) is 0 Å². The van der Waals surface area contributed by atoms with E-state index in [2.05, 4.69) is 123 Å². The van der Waals surface area contributed by atoms with Crippen LogP contribution in [0.4, 0.5) is 0 Å². The first-order valence-electron chi connectivity index (χ1n) is 41.6. The van der Waals surface area contributed by atoms with Gasteiger partial charge in [0.05, 0.1) is 27.7 Å². The Bertz CT molecular complexity index is 2030. The average molecular weight is 1390 g/mol. The highest BCUT2D eigenvalue weighted by molar-refractivity contribution is 7.47. The summed E-state index contributed by atoms with van der Waals surface area (Å²) in [6, 6.07) is 0. The zero-order chi connectivity index (χ0) is 71.1. The lowest BCUT2D eigenvalue weighted by molar-refractivity contribution is -0.870. The van der Waals surface area contributed by atoms with Crippen molar-refractivity contribution in [1.82, 2.24) is 0 Å². The third kappa shape index (κ3) is 81.6. The van der Waals surface area contributed by atoms with Crippen molar-refractivity contribution in [3.63, 3.8) is 0 Å². The van der Waals surface area contributed by atoms with E-state index >= 15 is 0 Å². The van der Waals surface area contributed by atoms with E-state index in [9.17, 15) is 19.0 Å². The Morgan fingerprint density at radius 2 is 0.582 bits per heavy atom. The number of carbonyl (C=O) groups excluding carboxylic acids is 2. The van der Waals surface area contributed by atoms with Gasteiger partial charge in [0.25, 0.3) is 0 Å². The molecular weight excluding hydrogens is 1230 g/mol. The SMILES string of the molecule is CC/C=C\C/C=C\C/C=C\C/C=C\C/C=C\C/C=C\C/C=C\C/C=C\C/C=C\CCCCCCCCCCCCCC(=O)OC(COC(=O)CCCCCCCCCCCCCCCCCCCCCCCCCCCCCCCCCCCCC)COP(=O)(O)OCC[N+](C)(C)C. The fraction of sp³-hybridized carbons (Fsp3) is 0.773. The third-order valence-corrected chi connectivity index (χ3v) is 19.3. The number of unbranched alkanes of at least 4 members (excludes halogenated alkanes) is 45. The first-order chi connectivity index (χ1) is 48.0. The summed E-state index contributed by atoms with van der Waals surface area (Å²) in [6.07, 6.45) is 111. The molecule has 1 N–H and O–H groups in total. The number of hydrogen-bond donors (Lipinski definition) is 1. The van der Waals surface area contributed by atoms with Gasteiger partial charge >= 0.3 is 19.8 Å². The van der Waals surface area contributed by atoms with Crippen molar-refractivity contribution in [2.45, 2.75) is 392 Å². The van der Waals surface area contributed by atoms with Gasteiger partial charge in [-0.3, -0.25) is 18.6 Å². The number of phosphoric ester groups is 1. The highest BCUT2D eigenvalue weighted by Crippen LogP contribution is 2.43. The van der Waals surface area contributed by atoms with Gasteiger partial charge in [-0.2, -0.15) is 0 Å². The molecule has 0 bridgehead atoms. The second-order valence-electron chi connectivity index (χ2n) is 29.1. The Kier molecular flexibility index (Phi) is 75.2. The molecule has 0 aromatic carbocycles. The summed E-state index contributed by atoms with van der Waals surface area (Å²) in [5.74, 6) is -0.788. The average Bonchev–Trinajstić information content (AvgIpc) is 1.23. The first-order valence-corrected chi connectivity index (χ1v) is 43.1. The largest absolute Gasteiger partial charge is 0.472 e. The highest BCUT2D eigenvalue weighted by Gasteiger charge is 2.27. The summed E-state index contributed by atoms with van der Waals surface area (Å²) in [4.78, 5) is 36.0. The minimum Gasteiger partial charge on any atom is -0.462 e. The van der Waals surface area contributed by atoms with E-state index in [1.807, 2.05) is 21.1 Å². The molecule has 0 aliphatic carbocycles. The minimum absolute atomic E-state index is 0.0291. The quantitative estimate of drug-likeness (QED) is 0.0211. The molecule has 0 aliphatic rings. The molecule has 0 aromatic rings. The summed E-state index contributed by atoms with van der Waals surface area (Å²) in [6.45, 7) is 4.37. The van der Waals surface area contributed by atoms with Crippen LogP contribution in [0.3, 0.4) is 0 Å². The van der Waals surface area contributed by atoms with Gasteiger partial charge in [-0.15, -0.1) is 0 Å². The number of nitrogens with zero attached hydrogens (tertiary/aromatic N) is 1. The molecular formula is C88H159NO8P+. The van der Waals surface area contributed by atoms with Gasteiger partial charge in [-0.05, 0) is 83.5 Å². The fourth-order valence-corrected chi connectivity index (χ4v) is 12.8. The molecule has 2 unspecified atom stereocenters. The van der Waals surface area contributed by atoms with Crippen LogP contribution in [-0.2, 0) is 32.7 Å². The van der Waals surface area contributed by atoms with Crippen LogP contribution < -0.4 is 0 Å². The third-order valence-electron chi connectivity index (χ3n) is 18.3. The van der Waals surface area contributed by atoms with E-state index < -0.39 is 26.5 Å². The van der Waals surface area contributed by atoms with Crippen molar-refractivity contribution in [3.05, 3.63) is 109 Å². The van der Waals surface area contributed by atoms with Crippen LogP contribution in [-0.4, -0.2) is 74.9 Å². The molecule has 98 heavy (non-hydrogen) atoms. The number of carbonyl (C=O) groups is 2. The molecule has 0 spiro atoms. The van der Waals surface area contributed by atoms with E-state index in [-0.39, 0.29) is 32.0 Å². The fourth-order valence-electron chi connectivity index (χ4n) is 12.0. The Labute approximate surface area is 607 Å². The van der Waals surface area contributed by atoms with Crippen molar-refractivity contribution in [2.75, 3.05) is 47.5 Å². The zero-order valence-corrected chi connectivity index (χ0v) is 65.9. The number of allylic oxidation sites excluding steroid dienone is 18. The van der Waals surface area contributed by atoms with Gasteiger partial charge in [0.15, 0.2) is 6.10 Å². The lowest BCUT2D eigenvalue weighted by Crippen LogP contribution is -2.37. The predicted molar refractivity (Wildman–Crippen MR) is 427 cm³/mol. The van der Waals surface area contributed by atoms with Crippen molar-refractivity contribution in [2.24, 2.45) is 0 Å². The molecule has 0 rings (SSSR count). The summed E-state index contributed by atoms with van der Waals surface area (Å²) in [5, 5.41) is 0. The molecule has 0 saturated carbocycles. The first kappa shape index (κ1) is 94.7. The van der Waals surface area contributed by atoms with Crippen molar-refractivity contribution in [1.29, 1.82) is 0 Å². The normalized spacial score (nSPS) is 13.6. The van der Waals surface area contributed by atoms with Crippen LogP contribution in [0.5, 0.6) is 0 Å². The molecule has 9 nitrogen and oxygen atoms in total. The Morgan fingerprint density at radius 3 is 0.867 bits per heavy atom. The molecule has 0 heterocycles. The lowest BCUT2D eigenvalue weighted by atomic mass is 10.0. The minimum atomic E-state index is -4.40. The smallest absolute Gasteiger partial charge is 0.462 e. The number of hydrogen-bond acceptors (Lipinski definition) is 7. The number of rotatable bonds is 77.